The quantitative estimate of drug-likeness (QED) is 0.822. The minimum absolute atomic E-state index is 0.0177. The van der Waals surface area contributed by atoms with E-state index in [4.69, 9.17) is 17.3 Å². The van der Waals surface area contributed by atoms with E-state index in [-0.39, 0.29) is 10.6 Å². The SMILES string of the molecule is CC(NS(=O)(=O)c1ccc(Cl)cc1N)c1nncn1C. The first-order chi connectivity index (χ1) is 9.31. The van der Waals surface area contributed by atoms with Crippen LogP contribution in [-0.4, -0.2) is 23.2 Å². The van der Waals surface area contributed by atoms with Crippen LogP contribution in [-0.2, 0) is 17.1 Å². The maximum absolute atomic E-state index is 12.3. The van der Waals surface area contributed by atoms with E-state index in [0.29, 0.717) is 10.8 Å². The number of hydrogen-bond donors (Lipinski definition) is 2. The summed E-state index contributed by atoms with van der Waals surface area (Å²) in [5, 5.41) is 7.95. The second kappa shape index (κ2) is 5.39. The first-order valence-corrected chi connectivity index (χ1v) is 7.58. The largest absolute Gasteiger partial charge is 0.398 e. The lowest BCUT2D eigenvalue weighted by Gasteiger charge is -2.14. The molecule has 0 fully saturated rings. The third-order valence-corrected chi connectivity index (χ3v) is 4.58. The van der Waals surface area contributed by atoms with Gasteiger partial charge in [0, 0.05) is 12.1 Å². The molecule has 20 heavy (non-hydrogen) atoms. The Morgan fingerprint density at radius 1 is 1.45 bits per heavy atom. The number of rotatable bonds is 4. The molecule has 0 aliphatic heterocycles. The highest BCUT2D eigenvalue weighted by Crippen LogP contribution is 2.23. The lowest BCUT2D eigenvalue weighted by molar-refractivity contribution is 0.553. The molecule has 0 spiro atoms. The minimum atomic E-state index is -3.76. The summed E-state index contributed by atoms with van der Waals surface area (Å²) in [7, 11) is -2.03. The first-order valence-electron chi connectivity index (χ1n) is 5.72. The third kappa shape index (κ3) is 2.92. The van der Waals surface area contributed by atoms with E-state index < -0.39 is 16.1 Å². The van der Waals surface area contributed by atoms with E-state index >= 15 is 0 Å². The Labute approximate surface area is 121 Å². The van der Waals surface area contributed by atoms with Gasteiger partial charge in [0.05, 0.1) is 11.7 Å². The van der Waals surface area contributed by atoms with E-state index in [9.17, 15) is 8.42 Å². The van der Waals surface area contributed by atoms with Gasteiger partial charge < -0.3 is 10.3 Å². The summed E-state index contributed by atoms with van der Waals surface area (Å²) in [5.41, 5.74) is 5.79. The monoisotopic (exact) mass is 315 g/mol. The Morgan fingerprint density at radius 3 is 2.70 bits per heavy atom. The van der Waals surface area contributed by atoms with E-state index in [1.165, 1.54) is 24.5 Å². The number of halogens is 1. The van der Waals surface area contributed by atoms with Crippen molar-refractivity contribution in [2.45, 2.75) is 17.9 Å². The number of aromatic nitrogens is 3. The Hall–Kier alpha value is -1.64. The van der Waals surface area contributed by atoms with Crippen molar-refractivity contribution in [3.05, 3.63) is 35.4 Å². The molecular weight excluding hydrogens is 302 g/mol. The molecule has 1 unspecified atom stereocenters. The highest BCUT2D eigenvalue weighted by molar-refractivity contribution is 7.89. The molecule has 0 amide bonds. The van der Waals surface area contributed by atoms with Gasteiger partial charge in [0.25, 0.3) is 0 Å². The number of anilines is 1. The average Bonchev–Trinajstić information content (AvgIpc) is 2.74. The zero-order valence-electron chi connectivity index (χ0n) is 10.9. The summed E-state index contributed by atoms with van der Waals surface area (Å²) < 4.78 is 28.7. The molecule has 3 N–H and O–H groups in total. The fourth-order valence-corrected chi connectivity index (χ4v) is 3.29. The van der Waals surface area contributed by atoms with Crippen LogP contribution in [0.15, 0.2) is 29.4 Å². The van der Waals surface area contributed by atoms with Crippen LogP contribution in [0.25, 0.3) is 0 Å². The molecule has 0 radical (unpaired) electrons. The molecule has 0 bridgehead atoms. The normalized spacial score (nSPS) is 13.3. The summed E-state index contributed by atoms with van der Waals surface area (Å²) in [4.78, 5) is -0.0177. The Bertz CT molecular complexity index is 728. The number of benzene rings is 1. The van der Waals surface area contributed by atoms with Crippen molar-refractivity contribution in [2.24, 2.45) is 7.05 Å². The lowest BCUT2D eigenvalue weighted by Crippen LogP contribution is -2.29. The maximum Gasteiger partial charge on any atom is 0.243 e. The number of sulfonamides is 1. The Kier molecular flexibility index (Phi) is 3.98. The molecule has 2 aromatic rings. The Balaban J connectivity index is 2.30. The average molecular weight is 316 g/mol. The minimum Gasteiger partial charge on any atom is -0.398 e. The number of nitrogens with zero attached hydrogens (tertiary/aromatic N) is 3. The number of nitrogens with two attached hydrogens (primary N) is 1. The van der Waals surface area contributed by atoms with E-state index in [2.05, 4.69) is 14.9 Å². The van der Waals surface area contributed by atoms with Gasteiger partial charge in [0.15, 0.2) is 0 Å². The van der Waals surface area contributed by atoms with Crippen molar-refractivity contribution in [3.8, 4) is 0 Å². The highest BCUT2D eigenvalue weighted by Gasteiger charge is 2.23. The van der Waals surface area contributed by atoms with Crippen LogP contribution in [0.2, 0.25) is 5.02 Å². The van der Waals surface area contributed by atoms with E-state index in [1.54, 1.807) is 18.5 Å². The maximum atomic E-state index is 12.3. The van der Waals surface area contributed by atoms with Gasteiger partial charge in [-0.15, -0.1) is 10.2 Å². The van der Waals surface area contributed by atoms with Crippen molar-refractivity contribution < 1.29 is 8.42 Å². The predicted octanol–water partition coefficient (Wildman–Crippen LogP) is 1.09. The summed E-state index contributed by atoms with van der Waals surface area (Å²) >= 11 is 5.76. The van der Waals surface area contributed by atoms with E-state index in [1.807, 2.05) is 0 Å². The van der Waals surface area contributed by atoms with Crippen LogP contribution >= 0.6 is 11.6 Å². The lowest BCUT2D eigenvalue weighted by atomic mass is 10.3. The third-order valence-electron chi connectivity index (χ3n) is 2.73. The zero-order chi connectivity index (χ0) is 14.9. The molecule has 108 valence electrons. The van der Waals surface area contributed by atoms with Crippen LogP contribution in [0.4, 0.5) is 5.69 Å². The first kappa shape index (κ1) is 14.8. The molecule has 0 saturated carbocycles. The summed E-state index contributed by atoms with van der Waals surface area (Å²) in [5.74, 6) is 0.501. The number of nitrogen functional groups attached to an aromatic ring is 1. The smallest absolute Gasteiger partial charge is 0.243 e. The van der Waals surface area contributed by atoms with Crippen molar-refractivity contribution in [1.29, 1.82) is 0 Å². The van der Waals surface area contributed by atoms with Crippen LogP contribution < -0.4 is 10.5 Å². The van der Waals surface area contributed by atoms with Gasteiger partial charge in [-0.3, -0.25) is 0 Å². The number of hydrogen-bond acceptors (Lipinski definition) is 5. The van der Waals surface area contributed by atoms with Crippen molar-refractivity contribution in [3.63, 3.8) is 0 Å². The Morgan fingerprint density at radius 2 is 2.15 bits per heavy atom. The molecule has 0 saturated heterocycles. The second-order valence-electron chi connectivity index (χ2n) is 4.33. The molecule has 2 rings (SSSR count). The van der Waals surface area contributed by atoms with Gasteiger partial charge >= 0.3 is 0 Å². The molecule has 0 aliphatic carbocycles. The summed E-state index contributed by atoms with van der Waals surface area (Å²) in [6.07, 6.45) is 1.50. The van der Waals surface area contributed by atoms with Crippen molar-refractivity contribution >= 4 is 27.3 Å². The van der Waals surface area contributed by atoms with Gasteiger partial charge in [-0.25, -0.2) is 13.1 Å². The highest BCUT2D eigenvalue weighted by atomic mass is 35.5. The molecule has 1 heterocycles. The molecule has 1 aromatic heterocycles. The van der Waals surface area contributed by atoms with Crippen LogP contribution in [0.5, 0.6) is 0 Å². The van der Waals surface area contributed by atoms with Crippen molar-refractivity contribution in [2.75, 3.05) is 5.73 Å². The zero-order valence-corrected chi connectivity index (χ0v) is 12.5. The molecule has 9 heteroatoms. The topological polar surface area (TPSA) is 103 Å². The summed E-state index contributed by atoms with van der Waals surface area (Å²) in [6.45, 7) is 1.67. The molecule has 7 nitrogen and oxygen atoms in total. The molecular formula is C11H14ClN5O2S. The van der Waals surface area contributed by atoms with Crippen molar-refractivity contribution in [1.82, 2.24) is 19.5 Å². The molecule has 1 aromatic carbocycles. The number of aryl methyl sites for hydroxylation is 1. The van der Waals surface area contributed by atoms with Gasteiger partial charge in [-0.1, -0.05) is 11.6 Å². The molecule has 1 atom stereocenters. The van der Waals surface area contributed by atoms with Gasteiger partial charge in [0.1, 0.15) is 17.0 Å². The van der Waals surface area contributed by atoms with Gasteiger partial charge in [-0.2, -0.15) is 0 Å². The van der Waals surface area contributed by atoms with Gasteiger partial charge in [0.2, 0.25) is 10.0 Å². The second-order valence-corrected chi connectivity index (χ2v) is 6.44. The standard InChI is InChI=1S/C11H14ClN5O2S/c1-7(11-15-14-6-17(11)2)16-20(18,19)10-4-3-8(12)5-9(10)13/h3-7,16H,13H2,1-2H3. The fourth-order valence-electron chi connectivity index (χ4n) is 1.80. The van der Waals surface area contributed by atoms with E-state index in [0.717, 1.165) is 0 Å². The molecule has 0 aliphatic rings. The fraction of sp³-hybridized carbons (Fsp3) is 0.273. The van der Waals surface area contributed by atoms with Crippen LogP contribution in [0.3, 0.4) is 0 Å². The van der Waals surface area contributed by atoms with Gasteiger partial charge in [-0.05, 0) is 25.1 Å². The predicted molar refractivity (Wildman–Crippen MR) is 75.6 cm³/mol. The number of nitrogens with one attached hydrogen (secondary N) is 1. The summed E-state index contributed by atoms with van der Waals surface area (Å²) in [6, 6.07) is 3.69. The van der Waals surface area contributed by atoms with Crippen LogP contribution in [0.1, 0.15) is 18.8 Å². The van der Waals surface area contributed by atoms with Crippen LogP contribution in [0, 0.1) is 0 Å².